The number of fused-ring (bicyclic) bond motifs is 6. The summed E-state index contributed by atoms with van der Waals surface area (Å²) in [5, 5.41) is 10.5. The van der Waals surface area contributed by atoms with Crippen LogP contribution >= 0.6 is 0 Å². The summed E-state index contributed by atoms with van der Waals surface area (Å²) in [5.41, 5.74) is 8.01. The lowest BCUT2D eigenvalue weighted by molar-refractivity contribution is -0.292. The summed E-state index contributed by atoms with van der Waals surface area (Å²) in [7, 11) is 1.66. The molecule has 290 valence electrons. The first kappa shape index (κ1) is 36.4. The molecule has 12 heteroatoms. The molecule has 3 N–H and O–H groups in total. The van der Waals surface area contributed by atoms with Crippen molar-refractivity contribution >= 4 is 5.78 Å². The van der Waals surface area contributed by atoms with Gasteiger partial charge in [-0.2, -0.15) is 0 Å². The highest BCUT2D eigenvalue weighted by Crippen LogP contribution is 2.54. The minimum atomic E-state index is -0.780. The summed E-state index contributed by atoms with van der Waals surface area (Å²) in [4.78, 5) is 14.1. The van der Waals surface area contributed by atoms with Crippen molar-refractivity contribution in [3.8, 4) is 0 Å². The zero-order valence-electron chi connectivity index (χ0n) is 30.8. The van der Waals surface area contributed by atoms with Crippen LogP contribution in [0.1, 0.15) is 90.4 Å². The second-order valence-corrected chi connectivity index (χ2v) is 17.4. The normalized spacial score (nSPS) is 52.4. The van der Waals surface area contributed by atoms with Crippen LogP contribution in [0.4, 0.5) is 0 Å². The molecule has 0 aliphatic carbocycles. The minimum Gasteiger partial charge on any atom is -0.392 e. The van der Waals surface area contributed by atoms with Gasteiger partial charge in [-0.05, 0) is 62.0 Å². The Morgan fingerprint density at radius 3 is 2.38 bits per heavy atom. The molecule has 10 heterocycles. The van der Waals surface area contributed by atoms with Gasteiger partial charge in [0.15, 0.2) is 5.79 Å². The molecule has 12 nitrogen and oxygen atoms in total. The number of nitrogens with two attached hydrogens (primary N) is 1. The zero-order valence-corrected chi connectivity index (χ0v) is 30.8. The number of carbonyl (C=O) groups is 1. The number of hydrogen-bond acceptors (Lipinski definition) is 12. The van der Waals surface area contributed by atoms with E-state index < -0.39 is 18.0 Å². The Bertz CT molecular complexity index is 1380. The van der Waals surface area contributed by atoms with Gasteiger partial charge in [-0.1, -0.05) is 20.1 Å². The molecule has 1 spiro atoms. The van der Waals surface area contributed by atoms with Gasteiger partial charge in [0.25, 0.3) is 0 Å². The van der Waals surface area contributed by atoms with Crippen molar-refractivity contribution in [2.75, 3.05) is 13.7 Å². The lowest BCUT2D eigenvalue weighted by Gasteiger charge is -2.47. The van der Waals surface area contributed by atoms with Gasteiger partial charge in [0.05, 0.1) is 67.1 Å². The standard InChI is InChI=1S/C40H59NO11/c1-19-11-24-5-7-28-20(2)12-26(45-28)9-10-40-17-33-36(51-40)37-38(50-33)39(52-40)35-29(49-37)8-6-25(47-35)13-22(42)14-27-31(16-30(46-24)21(19)3)48-32(34(27)44-4)15-23(43)18-41/h19,23-39,43H,2-3,5-18,41H2,1,4H3/t19-,23+,24+,25-,26+,27+,28+,29+,30-,31+,32-,33-,34-,35?,36+,37+,38?,39+,40+/m1/s1. The maximum absolute atomic E-state index is 14.1. The molecule has 0 aromatic heterocycles. The molecule has 0 saturated carbocycles. The average molecular weight is 730 g/mol. The van der Waals surface area contributed by atoms with Crippen LogP contribution in [0.3, 0.4) is 0 Å². The van der Waals surface area contributed by atoms with Crippen molar-refractivity contribution in [2.45, 2.75) is 194 Å². The summed E-state index contributed by atoms with van der Waals surface area (Å²) in [6.07, 6.45) is 4.85. The third kappa shape index (κ3) is 6.59. The van der Waals surface area contributed by atoms with Gasteiger partial charge in [-0.15, -0.1) is 0 Å². The number of ketones is 1. The van der Waals surface area contributed by atoms with Crippen LogP contribution in [0.2, 0.25) is 0 Å². The Hall–Kier alpha value is -1.29. The Balaban J connectivity index is 0.994. The highest BCUT2D eigenvalue weighted by molar-refractivity contribution is 5.79. The molecule has 10 fully saturated rings. The number of rotatable bonds is 4. The van der Waals surface area contributed by atoms with Crippen molar-refractivity contribution in [1.82, 2.24) is 0 Å². The fourth-order valence-corrected chi connectivity index (χ4v) is 11.3. The lowest BCUT2D eigenvalue weighted by Crippen LogP contribution is -2.61. The van der Waals surface area contributed by atoms with Gasteiger partial charge >= 0.3 is 0 Å². The van der Waals surface area contributed by atoms with E-state index in [4.69, 9.17) is 48.4 Å². The van der Waals surface area contributed by atoms with Crippen molar-refractivity contribution in [1.29, 1.82) is 0 Å². The molecule has 0 radical (unpaired) electrons. The van der Waals surface area contributed by atoms with Crippen molar-refractivity contribution in [3.05, 3.63) is 24.3 Å². The molecule has 52 heavy (non-hydrogen) atoms. The van der Waals surface area contributed by atoms with E-state index in [1.165, 1.54) is 0 Å². The summed E-state index contributed by atoms with van der Waals surface area (Å²) in [6, 6.07) is 0. The summed E-state index contributed by atoms with van der Waals surface area (Å²) < 4.78 is 60.0. The van der Waals surface area contributed by atoms with Gasteiger partial charge in [-0.3, -0.25) is 4.79 Å². The van der Waals surface area contributed by atoms with E-state index in [1.807, 2.05) is 0 Å². The Morgan fingerprint density at radius 2 is 1.56 bits per heavy atom. The van der Waals surface area contributed by atoms with E-state index in [2.05, 4.69) is 20.1 Å². The summed E-state index contributed by atoms with van der Waals surface area (Å²) in [6.45, 7) is 11.3. The Kier molecular flexibility index (Phi) is 10.0. The highest BCUT2D eigenvalue weighted by Gasteiger charge is 2.68. The second-order valence-electron chi connectivity index (χ2n) is 17.4. The molecular formula is C40H59NO11. The average Bonchev–Trinajstić information content (AvgIpc) is 3.79. The number of hydrogen-bond donors (Lipinski definition) is 2. The van der Waals surface area contributed by atoms with Crippen LogP contribution in [0, 0.1) is 11.8 Å². The van der Waals surface area contributed by atoms with Gasteiger partial charge in [0.2, 0.25) is 0 Å². The van der Waals surface area contributed by atoms with E-state index in [0.717, 1.165) is 56.1 Å². The Labute approximate surface area is 307 Å². The number of methoxy groups -OCH3 is 1. The van der Waals surface area contributed by atoms with Crippen LogP contribution in [0.5, 0.6) is 0 Å². The SMILES string of the molecule is C=C1C[C@@H]2CC[C@@]34C[C@H]5OC6[C@@H](O3)C3O[C@H](CC[C@@H]3O[C@H]6[C@H]5O4)CC(=O)C[C@@H]3[C@@H](OC)[C@@H](C[C@H](O)CN)O[C@H]3C[C@H]3O[C@@H](CC[C@@H]1O2)C[C@@H](C)C3=C. The lowest BCUT2D eigenvalue weighted by atomic mass is 9.81. The number of ether oxygens (including phenoxy) is 9. The highest BCUT2D eigenvalue weighted by atomic mass is 16.8. The number of carbonyl (C=O) groups excluding carboxylic acids is 1. The second kappa shape index (κ2) is 14.3. The van der Waals surface area contributed by atoms with Crippen molar-refractivity contribution < 1.29 is 52.5 Å². The summed E-state index contributed by atoms with van der Waals surface area (Å²) >= 11 is 0. The van der Waals surface area contributed by atoms with Crippen molar-refractivity contribution in [3.63, 3.8) is 0 Å². The smallest absolute Gasteiger partial charge is 0.172 e. The quantitative estimate of drug-likeness (QED) is 0.409. The maximum Gasteiger partial charge on any atom is 0.172 e. The van der Waals surface area contributed by atoms with E-state index in [0.29, 0.717) is 25.7 Å². The Morgan fingerprint density at radius 1 is 0.808 bits per heavy atom. The fraction of sp³-hybridized carbons (Fsp3) is 0.875. The van der Waals surface area contributed by atoms with E-state index >= 15 is 0 Å². The molecule has 10 aliphatic heterocycles. The molecule has 2 unspecified atom stereocenters. The predicted molar refractivity (Wildman–Crippen MR) is 186 cm³/mol. The van der Waals surface area contributed by atoms with E-state index in [1.54, 1.807) is 7.11 Å². The number of Topliss-reactive ketones (excluding diaryl/α,β-unsaturated/α-hetero) is 1. The molecule has 12 bridgehead atoms. The van der Waals surface area contributed by atoms with Crippen molar-refractivity contribution in [2.24, 2.45) is 17.6 Å². The largest absolute Gasteiger partial charge is 0.392 e. The zero-order chi connectivity index (χ0) is 35.9. The molecule has 10 rings (SSSR count). The molecule has 0 amide bonds. The molecule has 0 aromatic carbocycles. The summed E-state index contributed by atoms with van der Waals surface area (Å²) in [5.74, 6) is -0.619. The van der Waals surface area contributed by atoms with Gasteiger partial charge < -0.3 is 53.5 Å². The third-order valence-electron chi connectivity index (χ3n) is 14.0. The number of aliphatic hydroxyl groups excluding tert-OH is 1. The number of aliphatic hydroxyl groups is 1. The van der Waals surface area contributed by atoms with Crippen LogP contribution in [-0.2, 0) is 47.4 Å². The van der Waals surface area contributed by atoms with Crippen LogP contribution in [0.15, 0.2) is 24.3 Å². The van der Waals surface area contributed by atoms with Crippen LogP contribution < -0.4 is 5.73 Å². The van der Waals surface area contributed by atoms with Gasteiger partial charge in [-0.25, -0.2) is 0 Å². The van der Waals surface area contributed by atoms with E-state index in [9.17, 15) is 9.90 Å². The van der Waals surface area contributed by atoms with E-state index in [-0.39, 0.29) is 122 Å². The monoisotopic (exact) mass is 729 g/mol. The topological polar surface area (TPSA) is 146 Å². The first-order valence-corrected chi connectivity index (χ1v) is 20.2. The first-order chi connectivity index (χ1) is 25.1. The van der Waals surface area contributed by atoms with Crippen LogP contribution in [0.25, 0.3) is 0 Å². The minimum absolute atomic E-state index is 0.0158. The van der Waals surface area contributed by atoms with Gasteiger partial charge in [0, 0.05) is 58.1 Å². The van der Waals surface area contributed by atoms with Gasteiger partial charge in [0.1, 0.15) is 36.3 Å². The molecule has 10 saturated heterocycles. The third-order valence-corrected chi connectivity index (χ3v) is 14.0. The predicted octanol–water partition coefficient (Wildman–Crippen LogP) is 3.44. The first-order valence-electron chi connectivity index (χ1n) is 20.2. The van der Waals surface area contributed by atoms with Crippen LogP contribution in [-0.4, -0.2) is 128 Å². The molecule has 19 atom stereocenters. The maximum atomic E-state index is 14.1. The molecule has 10 aliphatic rings. The fourth-order valence-electron chi connectivity index (χ4n) is 11.3. The molecular weight excluding hydrogens is 670 g/mol. The molecule has 0 aromatic rings.